The van der Waals surface area contributed by atoms with Gasteiger partial charge >= 0.3 is 0 Å². The molecule has 0 amide bonds. The lowest BCUT2D eigenvalue weighted by Gasteiger charge is -2.57. The quantitative estimate of drug-likeness (QED) is 0.477. The van der Waals surface area contributed by atoms with Gasteiger partial charge in [-0.25, -0.2) is 0 Å². The van der Waals surface area contributed by atoms with E-state index in [4.69, 9.17) is 0 Å². The van der Waals surface area contributed by atoms with E-state index in [0.29, 0.717) is 4.90 Å². The van der Waals surface area contributed by atoms with Crippen LogP contribution < -0.4 is 0 Å². The molecule has 6 fully saturated rings. The molecule has 7 rings (SSSR count). The molecule has 0 heterocycles. The summed E-state index contributed by atoms with van der Waals surface area (Å²) in [5.41, 5.74) is 3.69. The number of rotatable bonds is 4. The van der Waals surface area contributed by atoms with Crippen molar-refractivity contribution >= 4 is 10.1 Å². The standard InChI is InChI=1S/C28H40O3S/c29-32(30,31)27-25(22-7-3-1-4-8-22)14-24(15-26(27)23-9-5-2-6-10-23)28-16-19-11-20(17-28)13-21(12-19)18-28/h14-15,19-23H,1-13,16-18H2,(H,29,30,31). The second-order valence-electron chi connectivity index (χ2n) is 12.3. The van der Waals surface area contributed by atoms with Crippen molar-refractivity contribution in [2.75, 3.05) is 0 Å². The SMILES string of the molecule is O=S(=O)(O)c1c(C2CCCCC2)cc(C23CC4CC(CC(C4)C2)C3)cc1C1CCCCC1. The molecule has 6 aliphatic rings. The van der Waals surface area contributed by atoms with E-state index in [1.165, 1.54) is 82.6 Å². The fraction of sp³-hybridized carbons (Fsp3) is 0.786. The van der Waals surface area contributed by atoms with E-state index < -0.39 is 10.1 Å². The summed E-state index contributed by atoms with van der Waals surface area (Å²) in [7, 11) is -4.24. The number of hydrogen-bond acceptors (Lipinski definition) is 2. The van der Waals surface area contributed by atoms with E-state index in [-0.39, 0.29) is 17.3 Å². The van der Waals surface area contributed by atoms with Crippen LogP contribution in [0.1, 0.15) is 131 Å². The van der Waals surface area contributed by atoms with Gasteiger partial charge in [-0.1, -0.05) is 50.7 Å². The van der Waals surface area contributed by atoms with Crippen LogP contribution in [0.2, 0.25) is 0 Å². The maximum atomic E-state index is 12.9. The molecule has 6 aliphatic carbocycles. The van der Waals surface area contributed by atoms with E-state index >= 15 is 0 Å². The summed E-state index contributed by atoms with van der Waals surface area (Å²) in [4.78, 5) is 0.324. The normalized spacial score (nSPS) is 36.0. The Hall–Kier alpha value is -0.870. The molecule has 3 nitrogen and oxygen atoms in total. The predicted octanol–water partition coefficient (Wildman–Crippen LogP) is 7.50. The van der Waals surface area contributed by atoms with Crippen molar-refractivity contribution in [3.63, 3.8) is 0 Å². The van der Waals surface area contributed by atoms with Crippen LogP contribution in [0.3, 0.4) is 0 Å². The van der Waals surface area contributed by atoms with Gasteiger partial charge < -0.3 is 0 Å². The van der Waals surface area contributed by atoms with Gasteiger partial charge in [-0.2, -0.15) is 8.42 Å². The molecule has 0 saturated heterocycles. The van der Waals surface area contributed by atoms with Crippen molar-refractivity contribution in [1.82, 2.24) is 0 Å². The number of hydrogen-bond donors (Lipinski definition) is 1. The first kappa shape index (κ1) is 21.6. The van der Waals surface area contributed by atoms with Crippen molar-refractivity contribution in [1.29, 1.82) is 0 Å². The zero-order valence-corrected chi connectivity index (χ0v) is 20.3. The zero-order valence-electron chi connectivity index (χ0n) is 19.5. The summed E-state index contributed by atoms with van der Waals surface area (Å²) in [6.07, 6.45) is 19.7. The minimum Gasteiger partial charge on any atom is -0.282 e. The molecule has 0 aliphatic heterocycles. The Bertz CT molecular complexity index is 892. The molecule has 0 spiro atoms. The van der Waals surface area contributed by atoms with Crippen LogP contribution in [-0.4, -0.2) is 13.0 Å². The summed E-state index contributed by atoms with van der Waals surface area (Å²) in [6.45, 7) is 0. The van der Waals surface area contributed by atoms with E-state index in [1.807, 2.05) is 0 Å². The third kappa shape index (κ3) is 3.78. The van der Waals surface area contributed by atoms with Crippen LogP contribution in [0.5, 0.6) is 0 Å². The van der Waals surface area contributed by atoms with Crippen molar-refractivity contribution in [3.05, 3.63) is 28.8 Å². The highest BCUT2D eigenvalue weighted by Crippen LogP contribution is 2.61. The third-order valence-corrected chi connectivity index (χ3v) is 11.1. The number of benzene rings is 1. The molecule has 6 saturated carbocycles. The summed E-state index contributed by atoms with van der Waals surface area (Å²) in [6, 6.07) is 4.61. The van der Waals surface area contributed by atoms with Gasteiger partial charge in [0.1, 0.15) is 4.90 Å². The summed E-state index contributed by atoms with van der Waals surface area (Å²) in [5, 5.41) is 0. The highest BCUT2D eigenvalue weighted by atomic mass is 32.2. The van der Waals surface area contributed by atoms with Gasteiger partial charge in [0.25, 0.3) is 10.1 Å². The molecular formula is C28H40O3S. The third-order valence-electron chi connectivity index (χ3n) is 10.1. The van der Waals surface area contributed by atoms with Gasteiger partial charge in [0.2, 0.25) is 0 Å². The molecule has 32 heavy (non-hydrogen) atoms. The maximum absolute atomic E-state index is 12.9. The second-order valence-corrected chi connectivity index (χ2v) is 13.7. The van der Waals surface area contributed by atoms with Gasteiger partial charge in [-0.3, -0.25) is 4.55 Å². The van der Waals surface area contributed by atoms with Crippen LogP contribution in [0.15, 0.2) is 17.0 Å². The van der Waals surface area contributed by atoms with Crippen molar-refractivity contribution in [2.45, 2.75) is 125 Å². The predicted molar refractivity (Wildman–Crippen MR) is 128 cm³/mol. The molecule has 0 unspecified atom stereocenters. The molecule has 176 valence electrons. The fourth-order valence-electron chi connectivity index (χ4n) is 9.18. The molecular weight excluding hydrogens is 416 g/mol. The molecule has 0 aromatic heterocycles. The average Bonchev–Trinajstić information content (AvgIpc) is 2.78. The minimum absolute atomic E-state index is 0.263. The van der Waals surface area contributed by atoms with Gasteiger partial charge in [0.15, 0.2) is 0 Å². The Morgan fingerprint density at radius 3 is 1.47 bits per heavy atom. The molecule has 0 atom stereocenters. The Labute approximate surface area is 194 Å². The molecule has 1 aromatic carbocycles. The molecule has 4 heteroatoms. The topological polar surface area (TPSA) is 54.4 Å². The first-order chi connectivity index (χ1) is 15.4. The highest BCUT2D eigenvalue weighted by Gasteiger charge is 2.52. The maximum Gasteiger partial charge on any atom is 0.295 e. The van der Waals surface area contributed by atoms with E-state index in [1.54, 1.807) is 0 Å². The van der Waals surface area contributed by atoms with Gasteiger partial charge in [0.05, 0.1) is 0 Å². The van der Waals surface area contributed by atoms with Crippen LogP contribution >= 0.6 is 0 Å². The smallest absolute Gasteiger partial charge is 0.282 e. The lowest BCUT2D eigenvalue weighted by molar-refractivity contribution is -0.00532. The summed E-state index contributed by atoms with van der Waals surface area (Å²) < 4.78 is 36.3. The van der Waals surface area contributed by atoms with Crippen molar-refractivity contribution in [2.24, 2.45) is 17.8 Å². The van der Waals surface area contributed by atoms with Gasteiger partial charge in [0, 0.05) is 0 Å². The average molecular weight is 457 g/mol. The van der Waals surface area contributed by atoms with E-state index in [0.717, 1.165) is 54.6 Å². The molecule has 1 N–H and O–H groups in total. The van der Waals surface area contributed by atoms with Crippen LogP contribution in [0.4, 0.5) is 0 Å². The summed E-state index contributed by atoms with van der Waals surface area (Å²) in [5.74, 6) is 3.20. The second kappa shape index (κ2) is 8.12. The van der Waals surface area contributed by atoms with Crippen molar-refractivity contribution < 1.29 is 13.0 Å². The van der Waals surface area contributed by atoms with Crippen LogP contribution in [-0.2, 0) is 15.5 Å². The van der Waals surface area contributed by atoms with Crippen LogP contribution in [0.25, 0.3) is 0 Å². The lowest BCUT2D eigenvalue weighted by Crippen LogP contribution is -2.48. The largest absolute Gasteiger partial charge is 0.295 e. The van der Waals surface area contributed by atoms with E-state index in [9.17, 15) is 13.0 Å². The Kier molecular flexibility index (Phi) is 5.49. The Morgan fingerprint density at radius 1 is 0.688 bits per heavy atom. The van der Waals surface area contributed by atoms with Crippen LogP contribution in [0, 0.1) is 17.8 Å². The minimum atomic E-state index is -4.24. The van der Waals surface area contributed by atoms with Gasteiger partial charge in [-0.05, 0) is 116 Å². The first-order valence-corrected chi connectivity index (χ1v) is 15.0. The Morgan fingerprint density at radius 2 is 1.09 bits per heavy atom. The lowest BCUT2D eigenvalue weighted by atomic mass is 9.48. The monoisotopic (exact) mass is 456 g/mol. The van der Waals surface area contributed by atoms with Gasteiger partial charge in [-0.15, -0.1) is 0 Å². The molecule has 4 bridgehead atoms. The zero-order chi connectivity index (χ0) is 21.9. The first-order valence-electron chi connectivity index (χ1n) is 13.6. The molecule has 0 radical (unpaired) electrons. The Balaban J connectivity index is 1.52. The molecule has 1 aromatic rings. The summed E-state index contributed by atoms with van der Waals surface area (Å²) >= 11 is 0. The van der Waals surface area contributed by atoms with E-state index in [2.05, 4.69) is 12.1 Å². The highest BCUT2D eigenvalue weighted by molar-refractivity contribution is 7.86. The fourth-order valence-corrected chi connectivity index (χ4v) is 10.2. The van der Waals surface area contributed by atoms with Crippen molar-refractivity contribution in [3.8, 4) is 0 Å².